The molecule has 0 radical (unpaired) electrons. The molecule has 0 bridgehead atoms. The second kappa shape index (κ2) is 9.19. The first-order valence-corrected chi connectivity index (χ1v) is 10.1. The van der Waals surface area contributed by atoms with E-state index in [9.17, 15) is 9.18 Å². The fourth-order valence-electron chi connectivity index (χ4n) is 3.00. The molecular formula is C21H24FN4O2S+. The van der Waals surface area contributed by atoms with Gasteiger partial charge in [0.25, 0.3) is 0 Å². The Balaban J connectivity index is 2.02. The molecule has 1 amide bonds. The molecule has 2 aromatic rings. The normalized spacial score (nSPS) is 18.4. The Morgan fingerprint density at radius 3 is 2.79 bits per heavy atom. The lowest BCUT2D eigenvalue weighted by Gasteiger charge is -2.31. The smallest absolute Gasteiger partial charge is 0.398 e. The number of alkyl carbamates (subject to hydrolysis) is 1. The molecule has 1 aromatic carbocycles. The molecule has 29 heavy (non-hydrogen) atoms. The summed E-state index contributed by atoms with van der Waals surface area (Å²) in [6.45, 7) is 4.68. The molecule has 0 fully saturated rings. The molecule has 152 valence electrons. The number of quaternary nitrogens is 1. The number of ether oxygens (including phenoxy) is 1. The van der Waals surface area contributed by atoms with Crippen LogP contribution in [0.2, 0.25) is 0 Å². The number of hydrogen-bond donors (Lipinski definition) is 1. The van der Waals surface area contributed by atoms with Crippen LogP contribution in [-0.2, 0) is 11.3 Å². The average molecular weight is 416 g/mol. The molecule has 0 saturated heterocycles. The van der Waals surface area contributed by atoms with E-state index in [-0.39, 0.29) is 22.9 Å². The van der Waals surface area contributed by atoms with Crippen molar-refractivity contribution in [2.75, 3.05) is 13.8 Å². The summed E-state index contributed by atoms with van der Waals surface area (Å²) < 4.78 is 19.4. The quantitative estimate of drug-likeness (QED) is 0.676. The zero-order chi connectivity index (χ0) is 20.9. The van der Waals surface area contributed by atoms with Crippen molar-refractivity contribution in [1.29, 1.82) is 0 Å². The summed E-state index contributed by atoms with van der Waals surface area (Å²) in [7, 11) is 1.52. The van der Waals surface area contributed by atoms with Crippen LogP contribution in [0.4, 0.5) is 9.18 Å². The van der Waals surface area contributed by atoms with Gasteiger partial charge in [0, 0.05) is 35.8 Å². The highest BCUT2D eigenvalue weighted by Gasteiger charge is 2.42. The van der Waals surface area contributed by atoms with Gasteiger partial charge in [-0.05, 0) is 36.0 Å². The van der Waals surface area contributed by atoms with E-state index in [2.05, 4.69) is 29.1 Å². The maximum Gasteiger partial charge on any atom is 0.411 e. The van der Waals surface area contributed by atoms with Gasteiger partial charge in [0.1, 0.15) is 18.1 Å². The zero-order valence-corrected chi connectivity index (χ0v) is 17.4. The van der Waals surface area contributed by atoms with Gasteiger partial charge in [0.2, 0.25) is 11.8 Å². The van der Waals surface area contributed by atoms with E-state index in [1.165, 1.54) is 30.9 Å². The van der Waals surface area contributed by atoms with Gasteiger partial charge in [0.15, 0.2) is 6.34 Å². The molecule has 6 nitrogen and oxygen atoms in total. The zero-order valence-electron chi connectivity index (χ0n) is 16.6. The summed E-state index contributed by atoms with van der Waals surface area (Å²) in [6.07, 6.45) is 4.78. The van der Waals surface area contributed by atoms with E-state index in [4.69, 9.17) is 4.74 Å². The number of halogens is 1. The van der Waals surface area contributed by atoms with E-state index in [1.54, 1.807) is 24.8 Å². The lowest BCUT2D eigenvalue weighted by atomic mass is 10.1. The minimum Gasteiger partial charge on any atom is -0.398 e. The van der Waals surface area contributed by atoms with Crippen LogP contribution in [0.15, 0.2) is 69.4 Å². The predicted octanol–water partition coefficient (Wildman–Crippen LogP) is 4.51. The van der Waals surface area contributed by atoms with Crippen LogP contribution >= 0.6 is 11.8 Å². The fraction of sp³-hybridized carbons (Fsp3) is 0.286. The number of rotatable bonds is 7. The molecule has 1 aliphatic heterocycles. The largest absolute Gasteiger partial charge is 0.411 e. The van der Waals surface area contributed by atoms with Crippen molar-refractivity contribution in [3.63, 3.8) is 0 Å². The van der Waals surface area contributed by atoms with Crippen molar-refractivity contribution in [1.82, 2.24) is 10.3 Å². The first-order valence-electron chi connectivity index (χ1n) is 9.27. The van der Waals surface area contributed by atoms with Crippen molar-refractivity contribution in [2.45, 2.75) is 25.3 Å². The number of thioether (sulfide) groups is 1. The Morgan fingerprint density at radius 2 is 2.14 bits per heavy atom. The number of aromatic nitrogens is 1. The van der Waals surface area contributed by atoms with Gasteiger partial charge < -0.3 is 10.1 Å². The molecule has 0 spiro atoms. The van der Waals surface area contributed by atoms with Gasteiger partial charge in [-0.3, -0.25) is 4.98 Å². The summed E-state index contributed by atoms with van der Waals surface area (Å²) in [5, 5.41) is 3.38. The summed E-state index contributed by atoms with van der Waals surface area (Å²) in [4.78, 5) is 21.4. The Hall–Kier alpha value is -2.71. The summed E-state index contributed by atoms with van der Waals surface area (Å²) in [5.74, 6) is -0.149. The fourth-order valence-corrected chi connectivity index (χ4v) is 4.28. The standard InChI is InChI=1S/C21H23FN4O2S/c1-15(2)19-20(29-18-8-4-7-17(22)10-18)26(13-25-19,14-28-21(27)23-3)12-16-6-5-9-24-11-16/h4-11,13,15H,12,14H2,1-3H3/p+1. The first-order chi connectivity index (χ1) is 13.9. The Bertz CT molecular complexity index is 933. The minimum absolute atomic E-state index is 0.0614. The van der Waals surface area contributed by atoms with E-state index in [1.807, 2.05) is 18.2 Å². The molecule has 0 aliphatic carbocycles. The average Bonchev–Trinajstić information content (AvgIpc) is 3.05. The Labute approximate surface area is 174 Å². The highest BCUT2D eigenvalue weighted by molar-refractivity contribution is 8.02. The number of carbonyl (C=O) groups is 1. The van der Waals surface area contributed by atoms with Crippen molar-refractivity contribution in [2.24, 2.45) is 10.9 Å². The number of amides is 1. The van der Waals surface area contributed by atoms with Gasteiger partial charge in [-0.25, -0.2) is 18.7 Å². The first kappa shape index (κ1) is 21.0. The van der Waals surface area contributed by atoms with Gasteiger partial charge in [-0.2, -0.15) is 0 Å². The molecule has 1 atom stereocenters. The minimum atomic E-state index is -0.518. The maximum absolute atomic E-state index is 13.8. The predicted molar refractivity (Wildman–Crippen MR) is 111 cm³/mol. The van der Waals surface area contributed by atoms with Gasteiger partial charge in [-0.1, -0.05) is 26.0 Å². The van der Waals surface area contributed by atoms with E-state index in [0.717, 1.165) is 21.2 Å². The van der Waals surface area contributed by atoms with Crippen LogP contribution in [0.1, 0.15) is 19.4 Å². The lowest BCUT2D eigenvalue weighted by Crippen LogP contribution is -2.46. The number of nitrogens with one attached hydrogen (secondary N) is 1. The van der Waals surface area contributed by atoms with E-state index >= 15 is 0 Å². The van der Waals surface area contributed by atoms with Crippen LogP contribution in [-0.4, -0.2) is 35.7 Å². The summed E-state index contributed by atoms with van der Waals surface area (Å²) >= 11 is 1.44. The molecule has 1 N–H and O–H groups in total. The molecule has 3 rings (SSSR count). The number of carbonyl (C=O) groups excluding carboxylic acids is 1. The molecule has 1 unspecified atom stereocenters. The number of nitrogens with zero attached hydrogens (tertiary/aromatic N) is 3. The third-order valence-electron chi connectivity index (χ3n) is 4.42. The molecule has 2 heterocycles. The topological polar surface area (TPSA) is 63.6 Å². The third kappa shape index (κ3) is 5.02. The second-order valence-electron chi connectivity index (χ2n) is 7.01. The highest BCUT2D eigenvalue weighted by Crippen LogP contribution is 2.43. The number of allylic oxidation sites excluding steroid dienone is 1. The second-order valence-corrected chi connectivity index (χ2v) is 8.08. The van der Waals surface area contributed by atoms with Gasteiger partial charge in [0.05, 0.1) is 0 Å². The van der Waals surface area contributed by atoms with Crippen LogP contribution in [0, 0.1) is 11.7 Å². The molecule has 1 aliphatic rings. The molecule has 8 heteroatoms. The van der Waals surface area contributed by atoms with Crippen LogP contribution in [0.25, 0.3) is 0 Å². The van der Waals surface area contributed by atoms with Crippen LogP contribution in [0.5, 0.6) is 0 Å². The van der Waals surface area contributed by atoms with Crippen molar-refractivity contribution >= 4 is 24.2 Å². The highest BCUT2D eigenvalue weighted by atomic mass is 32.2. The van der Waals surface area contributed by atoms with Crippen LogP contribution in [0.3, 0.4) is 0 Å². The van der Waals surface area contributed by atoms with E-state index in [0.29, 0.717) is 6.54 Å². The third-order valence-corrected chi connectivity index (χ3v) is 5.67. The van der Waals surface area contributed by atoms with Crippen molar-refractivity contribution in [3.05, 3.63) is 70.9 Å². The summed E-state index contributed by atoms with van der Waals surface area (Å²) in [6, 6.07) is 10.3. The lowest BCUT2D eigenvalue weighted by molar-refractivity contribution is -0.819. The van der Waals surface area contributed by atoms with Crippen molar-refractivity contribution in [3.8, 4) is 0 Å². The number of aliphatic imine (C=N–C) groups is 1. The van der Waals surface area contributed by atoms with Gasteiger partial charge in [-0.15, -0.1) is 0 Å². The Morgan fingerprint density at radius 1 is 1.31 bits per heavy atom. The Kier molecular flexibility index (Phi) is 6.66. The van der Waals surface area contributed by atoms with Gasteiger partial charge >= 0.3 is 6.09 Å². The summed E-state index contributed by atoms with van der Waals surface area (Å²) in [5.41, 5.74) is 1.87. The number of pyridine rings is 1. The van der Waals surface area contributed by atoms with Crippen LogP contribution < -0.4 is 5.32 Å². The maximum atomic E-state index is 13.8. The SMILES string of the molecule is CNC(=O)OC[N+]1(Cc2cccnc2)C=NC(C(C)C)=C1Sc1cccc(F)c1. The molecule has 1 aromatic heterocycles. The number of hydrogen-bond acceptors (Lipinski definition) is 5. The number of benzene rings is 1. The molecule has 0 saturated carbocycles. The molecular weight excluding hydrogens is 391 g/mol. The van der Waals surface area contributed by atoms with E-state index < -0.39 is 6.09 Å². The monoisotopic (exact) mass is 415 g/mol. The van der Waals surface area contributed by atoms with Crippen molar-refractivity contribution < 1.29 is 18.4 Å².